The van der Waals surface area contributed by atoms with E-state index in [2.05, 4.69) is 31.0 Å². The van der Waals surface area contributed by atoms with Gasteiger partial charge < -0.3 is 15.2 Å². The molecule has 0 spiro atoms. The van der Waals surface area contributed by atoms with Crippen molar-refractivity contribution in [3.8, 4) is 0 Å². The van der Waals surface area contributed by atoms with Crippen molar-refractivity contribution in [3.63, 3.8) is 0 Å². The Balaban J connectivity index is 2.50. The smallest absolute Gasteiger partial charge is 0.0724 e. The van der Waals surface area contributed by atoms with Gasteiger partial charge in [-0.3, -0.25) is 4.90 Å². The highest BCUT2D eigenvalue weighted by Crippen LogP contribution is 2.20. The molecular weight excluding hydrogens is 216 g/mol. The number of aliphatic hydroxyl groups is 1. The van der Waals surface area contributed by atoms with E-state index in [0.717, 1.165) is 26.2 Å². The minimum absolute atomic E-state index is 0.171. The summed E-state index contributed by atoms with van der Waals surface area (Å²) in [5.41, 5.74) is -0.201. The molecule has 0 aliphatic carbocycles. The first-order valence-corrected chi connectivity index (χ1v) is 6.65. The monoisotopic (exact) mass is 244 g/mol. The van der Waals surface area contributed by atoms with E-state index in [1.54, 1.807) is 7.11 Å². The second kappa shape index (κ2) is 6.69. The molecule has 0 aromatic carbocycles. The van der Waals surface area contributed by atoms with Crippen LogP contribution in [0.5, 0.6) is 0 Å². The van der Waals surface area contributed by atoms with E-state index in [-0.39, 0.29) is 12.1 Å². The minimum Gasteiger partial charge on any atom is -0.394 e. The van der Waals surface area contributed by atoms with Gasteiger partial charge in [0.1, 0.15) is 0 Å². The van der Waals surface area contributed by atoms with Crippen molar-refractivity contribution in [2.45, 2.75) is 38.8 Å². The number of methoxy groups -OCH3 is 1. The molecule has 0 saturated carbocycles. The second-order valence-electron chi connectivity index (χ2n) is 5.52. The third-order valence-corrected chi connectivity index (χ3v) is 3.80. The molecule has 3 unspecified atom stereocenters. The molecule has 1 aliphatic rings. The summed E-state index contributed by atoms with van der Waals surface area (Å²) < 4.78 is 5.52. The topological polar surface area (TPSA) is 44.7 Å². The van der Waals surface area contributed by atoms with Gasteiger partial charge >= 0.3 is 0 Å². The maximum Gasteiger partial charge on any atom is 0.0724 e. The standard InChI is InChI=1S/C13H28N2O2/c1-5-14-13(3,10-16)9-15-7-6-11(2)12(8-15)17-4/h11-12,14,16H,5-10H2,1-4H3. The van der Waals surface area contributed by atoms with Gasteiger partial charge in [0, 0.05) is 20.2 Å². The molecule has 0 amide bonds. The highest BCUT2D eigenvalue weighted by atomic mass is 16.5. The van der Waals surface area contributed by atoms with Crippen molar-refractivity contribution in [2.24, 2.45) is 5.92 Å². The molecule has 2 N–H and O–H groups in total. The van der Waals surface area contributed by atoms with Crippen LogP contribution in [0.4, 0.5) is 0 Å². The first kappa shape index (κ1) is 14.9. The Kier molecular flexibility index (Phi) is 5.86. The highest BCUT2D eigenvalue weighted by Gasteiger charge is 2.31. The molecule has 1 fully saturated rings. The Bertz CT molecular complexity index is 225. The molecule has 1 aliphatic heterocycles. The van der Waals surface area contributed by atoms with Gasteiger partial charge in [-0.05, 0) is 32.4 Å². The van der Waals surface area contributed by atoms with E-state index < -0.39 is 0 Å². The van der Waals surface area contributed by atoms with Crippen molar-refractivity contribution in [2.75, 3.05) is 39.9 Å². The summed E-state index contributed by atoms with van der Waals surface area (Å²) in [5, 5.41) is 12.9. The van der Waals surface area contributed by atoms with Crippen molar-refractivity contribution in [1.29, 1.82) is 0 Å². The summed E-state index contributed by atoms with van der Waals surface area (Å²) in [6.45, 7) is 10.4. The van der Waals surface area contributed by atoms with Gasteiger partial charge in [0.2, 0.25) is 0 Å². The Morgan fingerprint density at radius 3 is 2.76 bits per heavy atom. The Morgan fingerprint density at radius 2 is 2.24 bits per heavy atom. The molecule has 4 nitrogen and oxygen atoms in total. The minimum atomic E-state index is -0.201. The van der Waals surface area contributed by atoms with Crippen molar-refractivity contribution < 1.29 is 9.84 Å². The summed E-state index contributed by atoms with van der Waals surface area (Å²) in [6.07, 6.45) is 1.50. The predicted octanol–water partition coefficient (Wildman–Crippen LogP) is 0.704. The SMILES string of the molecule is CCNC(C)(CO)CN1CCC(C)C(OC)C1. The molecule has 4 heteroatoms. The second-order valence-corrected chi connectivity index (χ2v) is 5.52. The molecule has 1 rings (SSSR count). The van der Waals surface area contributed by atoms with Crippen LogP contribution in [-0.4, -0.2) is 61.5 Å². The lowest BCUT2D eigenvalue weighted by Gasteiger charge is -2.41. The van der Waals surface area contributed by atoms with Crippen LogP contribution in [0.1, 0.15) is 27.2 Å². The third kappa shape index (κ3) is 4.21. The molecule has 3 atom stereocenters. The summed E-state index contributed by atoms with van der Waals surface area (Å²) in [7, 11) is 1.79. The Morgan fingerprint density at radius 1 is 1.53 bits per heavy atom. The number of nitrogens with zero attached hydrogens (tertiary/aromatic N) is 1. The zero-order chi connectivity index (χ0) is 12.9. The number of aliphatic hydroxyl groups excluding tert-OH is 1. The number of likely N-dealkylation sites (N-methyl/N-ethyl adjacent to an activating group) is 1. The molecule has 0 aromatic heterocycles. The summed E-state index contributed by atoms with van der Waals surface area (Å²) in [6, 6.07) is 0. The number of nitrogens with one attached hydrogen (secondary N) is 1. The molecule has 0 bridgehead atoms. The number of ether oxygens (including phenoxy) is 1. The maximum absolute atomic E-state index is 9.50. The van der Waals surface area contributed by atoms with Gasteiger partial charge in [0.15, 0.2) is 0 Å². The zero-order valence-corrected chi connectivity index (χ0v) is 11.7. The maximum atomic E-state index is 9.50. The van der Waals surface area contributed by atoms with Crippen molar-refractivity contribution >= 4 is 0 Å². The van der Waals surface area contributed by atoms with Gasteiger partial charge in [-0.1, -0.05) is 13.8 Å². The van der Waals surface area contributed by atoms with E-state index in [0.29, 0.717) is 12.0 Å². The van der Waals surface area contributed by atoms with Crippen LogP contribution in [0.25, 0.3) is 0 Å². The fourth-order valence-electron chi connectivity index (χ4n) is 2.63. The summed E-state index contributed by atoms with van der Waals surface area (Å²) in [4.78, 5) is 2.40. The molecule has 102 valence electrons. The summed E-state index contributed by atoms with van der Waals surface area (Å²) >= 11 is 0. The molecule has 17 heavy (non-hydrogen) atoms. The van der Waals surface area contributed by atoms with E-state index in [9.17, 15) is 5.11 Å². The number of hydrogen-bond donors (Lipinski definition) is 2. The zero-order valence-electron chi connectivity index (χ0n) is 11.7. The van der Waals surface area contributed by atoms with Gasteiger partial charge in [0.25, 0.3) is 0 Å². The lowest BCUT2D eigenvalue weighted by molar-refractivity contribution is -0.0161. The van der Waals surface area contributed by atoms with Crippen molar-refractivity contribution in [1.82, 2.24) is 10.2 Å². The largest absolute Gasteiger partial charge is 0.394 e. The van der Waals surface area contributed by atoms with Crippen LogP contribution in [-0.2, 0) is 4.74 Å². The van der Waals surface area contributed by atoms with E-state index in [1.165, 1.54) is 6.42 Å². The van der Waals surface area contributed by atoms with Gasteiger partial charge in [-0.25, -0.2) is 0 Å². The Labute approximate surface area is 105 Å². The quantitative estimate of drug-likeness (QED) is 0.722. The highest BCUT2D eigenvalue weighted by molar-refractivity contribution is 4.89. The number of rotatable bonds is 6. The van der Waals surface area contributed by atoms with E-state index in [4.69, 9.17) is 4.74 Å². The van der Waals surface area contributed by atoms with Crippen LogP contribution < -0.4 is 5.32 Å². The van der Waals surface area contributed by atoms with Gasteiger partial charge in [0.05, 0.1) is 18.2 Å². The van der Waals surface area contributed by atoms with Crippen LogP contribution >= 0.6 is 0 Å². The van der Waals surface area contributed by atoms with E-state index >= 15 is 0 Å². The first-order valence-electron chi connectivity index (χ1n) is 6.65. The third-order valence-electron chi connectivity index (χ3n) is 3.80. The number of piperidine rings is 1. The fourth-order valence-corrected chi connectivity index (χ4v) is 2.63. The lowest BCUT2D eigenvalue weighted by atomic mass is 9.93. The first-order chi connectivity index (χ1) is 8.04. The average Bonchev–Trinajstić information content (AvgIpc) is 2.32. The number of likely N-dealkylation sites (tertiary alicyclic amines) is 1. The van der Waals surface area contributed by atoms with Crippen LogP contribution in [0.3, 0.4) is 0 Å². The molecule has 0 radical (unpaired) electrons. The molecule has 1 saturated heterocycles. The normalized spacial score (nSPS) is 30.2. The molecular formula is C13H28N2O2. The lowest BCUT2D eigenvalue weighted by Crippen LogP contribution is -2.57. The molecule has 0 aromatic rings. The Hall–Kier alpha value is -0.160. The number of hydrogen-bond acceptors (Lipinski definition) is 4. The fraction of sp³-hybridized carbons (Fsp3) is 1.00. The van der Waals surface area contributed by atoms with Crippen LogP contribution in [0, 0.1) is 5.92 Å². The molecule has 1 heterocycles. The van der Waals surface area contributed by atoms with Gasteiger partial charge in [-0.15, -0.1) is 0 Å². The van der Waals surface area contributed by atoms with Crippen LogP contribution in [0.15, 0.2) is 0 Å². The average molecular weight is 244 g/mol. The van der Waals surface area contributed by atoms with E-state index in [1.807, 2.05) is 0 Å². The van der Waals surface area contributed by atoms with Crippen LogP contribution in [0.2, 0.25) is 0 Å². The summed E-state index contributed by atoms with van der Waals surface area (Å²) in [5.74, 6) is 0.635. The van der Waals surface area contributed by atoms with Gasteiger partial charge in [-0.2, -0.15) is 0 Å². The predicted molar refractivity (Wildman–Crippen MR) is 70.2 cm³/mol. The van der Waals surface area contributed by atoms with Crippen molar-refractivity contribution in [3.05, 3.63) is 0 Å².